The van der Waals surface area contributed by atoms with Gasteiger partial charge in [0.15, 0.2) is 0 Å². The fourth-order valence-electron chi connectivity index (χ4n) is 1.40. The second-order valence-electron chi connectivity index (χ2n) is 3.29. The normalized spacial score (nSPS) is 10.5. The number of hydrogen-bond donors (Lipinski definition) is 0. The van der Waals surface area contributed by atoms with Crippen LogP contribution in [0.1, 0.15) is 0 Å². The zero-order valence-corrected chi connectivity index (χ0v) is 11.6. The Labute approximate surface area is 117 Å². The van der Waals surface area contributed by atoms with Gasteiger partial charge in [-0.25, -0.2) is 4.39 Å². The van der Waals surface area contributed by atoms with Crippen molar-refractivity contribution < 1.29 is 4.39 Å². The topological polar surface area (TPSA) is 0 Å². The van der Waals surface area contributed by atoms with Gasteiger partial charge in [0.1, 0.15) is 5.82 Å². The SMILES string of the molecule is Fc1cc(I)cc(-c2ccc(Cl)c(Cl)c2)c1. The van der Waals surface area contributed by atoms with Crippen LogP contribution in [-0.4, -0.2) is 0 Å². The minimum Gasteiger partial charge on any atom is -0.207 e. The summed E-state index contributed by atoms with van der Waals surface area (Å²) in [5, 5.41) is 0.968. The molecule has 0 N–H and O–H groups in total. The molecule has 0 aliphatic carbocycles. The summed E-state index contributed by atoms with van der Waals surface area (Å²) in [5.41, 5.74) is 1.65. The smallest absolute Gasteiger partial charge is 0.124 e. The Morgan fingerprint density at radius 1 is 0.875 bits per heavy atom. The molecule has 0 bridgehead atoms. The summed E-state index contributed by atoms with van der Waals surface area (Å²) in [6, 6.07) is 10.1. The zero-order valence-electron chi connectivity index (χ0n) is 7.98. The van der Waals surface area contributed by atoms with Gasteiger partial charge in [-0.05, 0) is 64.0 Å². The molecule has 0 heterocycles. The van der Waals surface area contributed by atoms with Crippen LogP contribution in [0.5, 0.6) is 0 Å². The average Bonchev–Trinajstić information content (AvgIpc) is 2.20. The van der Waals surface area contributed by atoms with Crippen molar-refractivity contribution in [2.45, 2.75) is 0 Å². The lowest BCUT2D eigenvalue weighted by molar-refractivity contribution is 0.627. The summed E-state index contributed by atoms with van der Waals surface area (Å²) >= 11 is 13.8. The number of benzene rings is 2. The first-order valence-electron chi connectivity index (χ1n) is 4.48. The molecule has 0 aliphatic heterocycles. The summed E-state index contributed by atoms with van der Waals surface area (Å²) < 4.78 is 14.1. The second-order valence-corrected chi connectivity index (χ2v) is 5.35. The van der Waals surface area contributed by atoms with Crippen LogP contribution in [0, 0.1) is 9.39 Å². The maximum Gasteiger partial charge on any atom is 0.124 e. The predicted molar refractivity (Wildman–Crippen MR) is 74.6 cm³/mol. The summed E-state index contributed by atoms with van der Waals surface area (Å²) in [5.74, 6) is -0.257. The van der Waals surface area contributed by atoms with Crippen molar-refractivity contribution in [2.75, 3.05) is 0 Å². The highest BCUT2D eigenvalue weighted by atomic mass is 127. The highest BCUT2D eigenvalue weighted by molar-refractivity contribution is 14.1. The summed E-state index contributed by atoms with van der Waals surface area (Å²) in [6.45, 7) is 0. The molecule has 2 aromatic rings. The molecule has 0 aliphatic rings. The average molecular weight is 367 g/mol. The Hall–Kier alpha value is -0.320. The third-order valence-electron chi connectivity index (χ3n) is 2.12. The molecule has 0 saturated heterocycles. The quantitative estimate of drug-likeness (QED) is 0.592. The molecule has 2 rings (SSSR count). The predicted octanol–water partition coefficient (Wildman–Crippen LogP) is 5.40. The van der Waals surface area contributed by atoms with Crippen molar-refractivity contribution in [1.29, 1.82) is 0 Å². The monoisotopic (exact) mass is 366 g/mol. The first-order chi connectivity index (χ1) is 7.56. The van der Waals surface area contributed by atoms with Gasteiger partial charge in [-0.1, -0.05) is 29.3 Å². The molecular formula is C12H6Cl2FI. The molecule has 82 valence electrons. The molecule has 0 saturated carbocycles. The van der Waals surface area contributed by atoms with Crippen molar-refractivity contribution in [2.24, 2.45) is 0 Å². The molecule has 0 amide bonds. The lowest BCUT2D eigenvalue weighted by Crippen LogP contribution is -1.83. The molecule has 0 atom stereocenters. The molecule has 0 spiro atoms. The van der Waals surface area contributed by atoms with E-state index in [1.807, 2.05) is 12.1 Å². The number of rotatable bonds is 1. The Bertz CT molecular complexity index is 520. The van der Waals surface area contributed by atoms with Crippen molar-refractivity contribution in [3.05, 3.63) is 55.8 Å². The first-order valence-corrected chi connectivity index (χ1v) is 6.31. The highest BCUT2D eigenvalue weighted by Crippen LogP contribution is 2.29. The van der Waals surface area contributed by atoms with Crippen LogP contribution in [0.2, 0.25) is 10.0 Å². The van der Waals surface area contributed by atoms with Crippen molar-refractivity contribution >= 4 is 45.8 Å². The van der Waals surface area contributed by atoms with E-state index in [1.165, 1.54) is 12.1 Å². The van der Waals surface area contributed by atoms with Gasteiger partial charge in [0.2, 0.25) is 0 Å². The Morgan fingerprint density at radius 2 is 1.62 bits per heavy atom. The third kappa shape index (κ3) is 2.67. The number of halogens is 4. The lowest BCUT2D eigenvalue weighted by atomic mass is 10.1. The molecule has 2 aromatic carbocycles. The van der Waals surface area contributed by atoms with Crippen molar-refractivity contribution in [3.8, 4) is 11.1 Å². The standard InChI is InChI=1S/C12H6Cl2FI/c13-11-2-1-7(5-12(11)14)8-3-9(15)6-10(16)4-8/h1-6H. The Morgan fingerprint density at radius 3 is 2.25 bits per heavy atom. The van der Waals surface area contributed by atoms with Crippen LogP contribution in [0.4, 0.5) is 4.39 Å². The summed E-state index contributed by atoms with van der Waals surface area (Å²) in [4.78, 5) is 0. The third-order valence-corrected chi connectivity index (χ3v) is 3.48. The lowest BCUT2D eigenvalue weighted by Gasteiger charge is -2.04. The summed E-state index contributed by atoms with van der Waals surface area (Å²) in [7, 11) is 0. The van der Waals surface area contributed by atoms with E-state index in [0.29, 0.717) is 10.0 Å². The molecule has 0 unspecified atom stereocenters. The molecular weight excluding hydrogens is 361 g/mol. The van der Waals surface area contributed by atoms with Crippen molar-refractivity contribution in [3.63, 3.8) is 0 Å². The van der Waals surface area contributed by atoms with E-state index < -0.39 is 0 Å². The van der Waals surface area contributed by atoms with Gasteiger partial charge in [-0.3, -0.25) is 0 Å². The van der Waals surface area contributed by atoms with Gasteiger partial charge in [0, 0.05) is 3.57 Å². The van der Waals surface area contributed by atoms with E-state index >= 15 is 0 Å². The second kappa shape index (κ2) is 4.90. The van der Waals surface area contributed by atoms with E-state index in [-0.39, 0.29) is 5.82 Å². The van der Waals surface area contributed by atoms with E-state index in [4.69, 9.17) is 23.2 Å². The van der Waals surface area contributed by atoms with E-state index in [1.54, 1.807) is 12.1 Å². The van der Waals surface area contributed by atoms with E-state index in [0.717, 1.165) is 14.7 Å². The maximum absolute atomic E-state index is 13.2. The van der Waals surface area contributed by atoms with Crippen LogP contribution in [-0.2, 0) is 0 Å². The van der Waals surface area contributed by atoms with Crippen LogP contribution >= 0.6 is 45.8 Å². The van der Waals surface area contributed by atoms with E-state index in [9.17, 15) is 4.39 Å². The highest BCUT2D eigenvalue weighted by Gasteiger charge is 2.04. The summed E-state index contributed by atoms with van der Waals surface area (Å²) in [6.07, 6.45) is 0. The van der Waals surface area contributed by atoms with E-state index in [2.05, 4.69) is 22.6 Å². The van der Waals surface area contributed by atoms with Crippen LogP contribution in [0.3, 0.4) is 0 Å². The van der Waals surface area contributed by atoms with Crippen LogP contribution in [0.25, 0.3) is 11.1 Å². The van der Waals surface area contributed by atoms with Gasteiger partial charge < -0.3 is 0 Å². The first kappa shape index (κ1) is 12.1. The minimum atomic E-state index is -0.257. The molecule has 0 nitrogen and oxygen atoms in total. The molecule has 16 heavy (non-hydrogen) atoms. The maximum atomic E-state index is 13.2. The molecule has 4 heteroatoms. The van der Waals surface area contributed by atoms with Gasteiger partial charge in [-0.15, -0.1) is 0 Å². The Balaban J connectivity index is 2.54. The zero-order chi connectivity index (χ0) is 11.7. The molecule has 0 fully saturated rings. The number of hydrogen-bond acceptors (Lipinski definition) is 0. The van der Waals surface area contributed by atoms with Gasteiger partial charge >= 0.3 is 0 Å². The van der Waals surface area contributed by atoms with Gasteiger partial charge in [-0.2, -0.15) is 0 Å². The van der Waals surface area contributed by atoms with Crippen LogP contribution < -0.4 is 0 Å². The minimum absolute atomic E-state index is 0.257. The fraction of sp³-hybridized carbons (Fsp3) is 0. The van der Waals surface area contributed by atoms with Crippen LogP contribution in [0.15, 0.2) is 36.4 Å². The van der Waals surface area contributed by atoms with Gasteiger partial charge in [0.05, 0.1) is 10.0 Å². The Kier molecular flexibility index (Phi) is 3.72. The largest absolute Gasteiger partial charge is 0.207 e. The molecule has 0 aromatic heterocycles. The van der Waals surface area contributed by atoms with Gasteiger partial charge in [0.25, 0.3) is 0 Å². The molecule has 0 radical (unpaired) electrons. The van der Waals surface area contributed by atoms with Crippen molar-refractivity contribution in [1.82, 2.24) is 0 Å². The fourth-order valence-corrected chi connectivity index (χ4v) is 2.33.